The summed E-state index contributed by atoms with van der Waals surface area (Å²) >= 11 is 0. The molecule has 30 heavy (non-hydrogen) atoms. The first-order chi connectivity index (χ1) is 13.8. The van der Waals surface area contributed by atoms with E-state index in [0.29, 0.717) is 19.1 Å². The number of rotatable bonds is 6. The van der Waals surface area contributed by atoms with Gasteiger partial charge in [0, 0.05) is 43.6 Å². The lowest BCUT2D eigenvalue weighted by Gasteiger charge is -2.32. The molecule has 0 aromatic carbocycles. The van der Waals surface area contributed by atoms with Crippen molar-refractivity contribution in [3.8, 4) is 0 Å². The van der Waals surface area contributed by atoms with Gasteiger partial charge >= 0.3 is 0 Å². The number of hydrogen-bond donors (Lipinski definition) is 1. The predicted molar refractivity (Wildman–Crippen MR) is 120 cm³/mol. The number of nitrogens with zero attached hydrogens (tertiary/aromatic N) is 4. The zero-order valence-electron chi connectivity index (χ0n) is 17.1. The number of halogens is 2. The molecule has 2 aromatic rings. The molecule has 2 fully saturated rings. The summed E-state index contributed by atoms with van der Waals surface area (Å²) in [4.78, 5) is 19.0. The van der Waals surface area contributed by atoms with Crippen LogP contribution in [-0.4, -0.2) is 57.9 Å². The molecule has 4 rings (SSSR count). The number of ether oxygens (including phenoxy) is 1. The van der Waals surface area contributed by atoms with Crippen molar-refractivity contribution in [2.75, 3.05) is 26.2 Å². The van der Waals surface area contributed by atoms with Gasteiger partial charge in [0.15, 0.2) is 0 Å². The monoisotopic (exact) mass is 455 g/mol. The molecular formula is C21H31Cl2N5O2. The first-order valence-electron chi connectivity index (χ1n) is 10.3. The van der Waals surface area contributed by atoms with Crippen molar-refractivity contribution < 1.29 is 9.53 Å². The molecule has 7 nitrogen and oxygen atoms in total. The SMILES string of the molecule is Cl.Cl.O=C(Cn1nccc1C1CCCNC1)N1CCC(OCc2ccccn2)CC1. The second kappa shape index (κ2) is 12.2. The van der Waals surface area contributed by atoms with Crippen LogP contribution in [0.2, 0.25) is 0 Å². The first kappa shape index (κ1) is 24.6. The molecule has 0 aliphatic carbocycles. The second-order valence-corrected chi connectivity index (χ2v) is 7.67. The third-order valence-corrected chi connectivity index (χ3v) is 5.74. The number of amides is 1. The lowest BCUT2D eigenvalue weighted by atomic mass is 9.96. The molecule has 0 spiro atoms. The summed E-state index contributed by atoms with van der Waals surface area (Å²) in [6.45, 7) is 4.41. The maximum absolute atomic E-state index is 12.8. The Bertz CT molecular complexity index is 760. The Balaban J connectivity index is 0.00000160. The molecule has 2 aliphatic rings. The van der Waals surface area contributed by atoms with Gasteiger partial charge in [-0.05, 0) is 50.4 Å². The molecule has 0 radical (unpaired) electrons. The molecule has 1 amide bonds. The Morgan fingerprint density at radius 3 is 2.67 bits per heavy atom. The Hall–Kier alpha value is -1.67. The van der Waals surface area contributed by atoms with Crippen LogP contribution >= 0.6 is 24.8 Å². The van der Waals surface area contributed by atoms with Crippen LogP contribution in [0.1, 0.15) is 43.0 Å². The van der Waals surface area contributed by atoms with Gasteiger partial charge in [0.05, 0.1) is 18.4 Å². The molecule has 166 valence electrons. The van der Waals surface area contributed by atoms with Crippen LogP contribution in [0, 0.1) is 0 Å². The molecule has 0 bridgehead atoms. The third kappa shape index (κ3) is 6.41. The van der Waals surface area contributed by atoms with E-state index >= 15 is 0 Å². The van der Waals surface area contributed by atoms with Gasteiger partial charge in [0.2, 0.25) is 5.91 Å². The lowest BCUT2D eigenvalue weighted by molar-refractivity contribution is -0.134. The molecule has 1 atom stereocenters. The highest BCUT2D eigenvalue weighted by Gasteiger charge is 2.25. The van der Waals surface area contributed by atoms with Gasteiger partial charge in [-0.1, -0.05) is 6.07 Å². The topological polar surface area (TPSA) is 72.3 Å². The van der Waals surface area contributed by atoms with Gasteiger partial charge in [-0.2, -0.15) is 5.10 Å². The average Bonchev–Trinajstić information content (AvgIpc) is 3.22. The third-order valence-electron chi connectivity index (χ3n) is 5.74. The van der Waals surface area contributed by atoms with Gasteiger partial charge in [-0.25, -0.2) is 0 Å². The number of carbonyl (C=O) groups is 1. The van der Waals surface area contributed by atoms with Crippen molar-refractivity contribution in [2.24, 2.45) is 0 Å². The fourth-order valence-corrected chi connectivity index (χ4v) is 4.11. The minimum Gasteiger partial charge on any atom is -0.372 e. The number of hydrogen-bond acceptors (Lipinski definition) is 5. The van der Waals surface area contributed by atoms with E-state index in [2.05, 4.69) is 21.5 Å². The quantitative estimate of drug-likeness (QED) is 0.724. The number of pyridine rings is 1. The number of nitrogens with one attached hydrogen (secondary N) is 1. The largest absolute Gasteiger partial charge is 0.372 e. The lowest BCUT2D eigenvalue weighted by Crippen LogP contribution is -2.42. The van der Waals surface area contributed by atoms with E-state index in [0.717, 1.165) is 51.1 Å². The summed E-state index contributed by atoms with van der Waals surface area (Å²) < 4.78 is 7.87. The van der Waals surface area contributed by atoms with Gasteiger partial charge in [-0.15, -0.1) is 24.8 Å². The smallest absolute Gasteiger partial charge is 0.244 e. The van der Waals surface area contributed by atoms with Crippen molar-refractivity contribution in [3.63, 3.8) is 0 Å². The zero-order chi connectivity index (χ0) is 19.2. The Labute approximate surface area is 190 Å². The summed E-state index contributed by atoms with van der Waals surface area (Å²) in [5.41, 5.74) is 2.12. The average molecular weight is 456 g/mol. The zero-order valence-corrected chi connectivity index (χ0v) is 18.7. The second-order valence-electron chi connectivity index (χ2n) is 7.67. The normalized spacial score (nSPS) is 19.6. The molecule has 2 aliphatic heterocycles. The minimum atomic E-state index is 0. The van der Waals surface area contributed by atoms with Crippen molar-refractivity contribution in [2.45, 2.75) is 50.9 Å². The number of piperidine rings is 2. The summed E-state index contributed by atoms with van der Waals surface area (Å²) in [6, 6.07) is 7.91. The van der Waals surface area contributed by atoms with Crippen LogP contribution in [0.15, 0.2) is 36.7 Å². The fraction of sp³-hybridized carbons (Fsp3) is 0.571. The summed E-state index contributed by atoms with van der Waals surface area (Å²) in [7, 11) is 0. The maximum atomic E-state index is 12.8. The standard InChI is InChI=1S/C21H29N5O2.2ClH/c27-21(15-26-20(6-11-24-26)17-4-3-9-22-14-17)25-12-7-19(8-13-25)28-16-18-5-1-2-10-23-18;;/h1-2,5-6,10-11,17,19,22H,3-4,7-9,12-16H2;2*1H. The van der Waals surface area contributed by atoms with Gasteiger partial charge in [0.25, 0.3) is 0 Å². The molecule has 2 saturated heterocycles. The first-order valence-corrected chi connectivity index (χ1v) is 10.3. The van der Waals surface area contributed by atoms with Crippen LogP contribution < -0.4 is 5.32 Å². The Kier molecular flexibility index (Phi) is 10.0. The molecule has 4 heterocycles. The summed E-state index contributed by atoms with van der Waals surface area (Å²) in [5, 5.41) is 7.85. The highest BCUT2D eigenvalue weighted by atomic mass is 35.5. The van der Waals surface area contributed by atoms with Crippen LogP contribution in [0.3, 0.4) is 0 Å². The fourth-order valence-electron chi connectivity index (χ4n) is 4.11. The maximum Gasteiger partial charge on any atom is 0.244 e. The predicted octanol–water partition coefficient (Wildman–Crippen LogP) is 2.80. The Morgan fingerprint density at radius 2 is 1.97 bits per heavy atom. The van der Waals surface area contributed by atoms with E-state index in [9.17, 15) is 4.79 Å². The van der Waals surface area contributed by atoms with E-state index in [1.165, 1.54) is 12.1 Å². The summed E-state index contributed by atoms with van der Waals surface area (Å²) in [6.07, 6.45) is 7.87. The van der Waals surface area contributed by atoms with Crippen molar-refractivity contribution in [1.82, 2.24) is 25.0 Å². The highest BCUT2D eigenvalue weighted by Crippen LogP contribution is 2.23. The van der Waals surface area contributed by atoms with Gasteiger partial charge in [-0.3, -0.25) is 14.5 Å². The van der Waals surface area contributed by atoms with Gasteiger partial charge in [0.1, 0.15) is 6.54 Å². The van der Waals surface area contributed by atoms with E-state index < -0.39 is 0 Å². The van der Waals surface area contributed by atoms with E-state index in [1.54, 1.807) is 6.20 Å². The van der Waals surface area contributed by atoms with Crippen molar-refractivity contribution in [3.05, 3.63) is 48.0 Å². The van der Waals surface area contributed by atoms with Crippen LogP contribution in [-0.2, 0) is 22.7 Å². The number of aromatic nitrogens is 3. The van der Waals surface area contributed by atoms with Gasteiger partial charge < -0.3 is 15.0 Å². The van der Waals surface area contributed by atoms with E-state index in [1.807, 2.05) is 34.0 Å². The van der Waals surface area contributed by atoms with E-state index in [4.69, 9.17) is 4.74 Å². The molecular weight excluding hydrogens is 425 g/mol. The minimum absolute atomic E-state index is 0. The molecule has 2 aromatic heterocycles. The number of carbonyl (C=O) groups excluding carboxylic acids is 1. The molecule has 0 saturated carbocycles. The molecule has 1 N–H and O–H groups in total. The molecule has 9 heteroatoms. The van der Waals surface area contributed by atoms with Crippen LogP contribution in [0.25, 0.3) is 0 Å². The number of likely N-dealkylation sites (tertiary alicyclic amines) is 1. The Morgan fingerprint density at radius 1 is 1.13 bits per heavy atom. The van der Waals surface area contributed by atoms with E-state index in [-0.39, 0.29) is 36.8 Å². The van der Waals surface area contributed by atoms with Crippen LogP contribution in [0.4, 0.5) is 0 Å². The van der Waals surface area contributed by atoms with Crippen LogP contribution in [0.5, 0.6) is 0 Å². The van der Waals surface area contributed by atoms with Crippen molar-refractivity contribution >= 4 is 30.7 Å². The summed E-state index contributed by atoms with van der Waals surface area (Å²) in [5.74, 6) is 0.603. The van der Waals surface area contributed by atoms with Crippen molar-refractivity contribution in [1.29, 1.82) is 0 Å². The molecule has 1 unspecified atom stereocenters. The highest BCUT2D eigenvalue weighted by molar-refractivity contribution is 5.85.